The second-order valence-electron chi connectivity index (χ2n) is 9.12. The number of pyridine rings is 3. The van der Waals surface area contributed by atoms with Gasteiger partial charge in [-0.15, -0.1) is 0 Å². The van der Waals surface area contributed by atoms with Crippen LogP contribution in [0.15, 0.2) is 73.1 Å². The smallest absolute Gasteiger partial charge is 0.309 e. The van der Waals surface area contributed by atoms with Gasteiger partial charge in [-0.3, -0.25) is 9.78 Å². The average molecular weight is 469 g/mol. The fourth-order valence-electron chi connectivity index (χ4n) is 3.61. The van der Waals surface area contributed by atoms with Crippen molar-refractivity contribution in [2.45, 2.75) is 34.1 Å². The lowest BCUT2D eigenvalue weighted by molar-refractivity contribution is -0.146. The van der Waals surface area contributed by atoms with Crippen LogP contribution >= 0.6 is 0 Å². The Balaban J connectivity index is 1.57. The number of ether oxygens (including phenoxy) is 1. The lowest BCUT2D eigenvalue weighted by atomic mass is 9.86. The zero-order valence-electron chi connectivity index (χ0n) is 20.2. The first-order valence-corrected chi connectivity index (χ1v) is 11.3. The molecule has 7 nitrogen and oxygen atoms in total. The maximum absolute atomic E-state index is 11.5. The lowest BCUT2D eigenvalue weighted by Crippen LogP contribution is -2.26. The van der Waals surface area contributed by atoms with Crippen LogP contribution in [-0.4, -0.2) is 26.0 Å². The van der Waals surface area contributed by atoms with Gasteiger partial charge in [0.15, 0.2) is 5.75 Å². The van der Waals surface area contributed by atoms with Crippen molar-refractivity contribution < 1.29 is 14.6 Å². The van der Waals surface area contributed by atoms with Crippen molar-refractivity contribution in [3.63, 3.8) is 0 Å². The molecule has 0 radical (unpaired) electrons. The van der Waals surface area contributed by atoms with Gasteiger partial charge in [-0.1, -0.05) is 18.2 Å². The molecule has 3 heterocycles. The van der Waals surface area contributed by atoms with Crippen LogP contribution in [0.25, 0.3) is 11.4 Å². The average Bonchev–Trinajstić information content (AvgIpc) is 2.82. The highest BCUT2D eigenvalue weighted by atomic mass is 16.5. The number of anilines is 2. The van der Waals surface area contributed by atoms with E-state index in [2.05, 4.69) is 15.3 Å². The van der Waals surface area contributed by atoms with Crippen LogP contribution in [0, 0.1) is 19.3 Å². The molecule has 178 valence electrons. The van der Waals surface area contributed by atoms with E-state index in [1.54, 1.807) is 32.3 Å². The predicted octanol–water partition coefficient (Wildman–Crippen LogP) is 6.34. The number of aryl methyl sites for hydroxylation is 2. The molecule has 0 fully saturated rings. The normalized spacial score (nSPS) is 11.2. The molecule has 1 aromatic carbocycles. The van der Waals surface area contributed by atoms with E-state index in [0.29, 0.717) is 29.4 Å². The molecule has 35 heavy (non-hydrogen) atoms. The molecule has 0 aliphatic rings. The van der Waals surface area contributed by atoms with Crippen LogP contribution < -0.4 is 10.1 Å². The maximum Gasteiger partial charge on any atom is 0.309 e. The number of aliphatic carboxylic acids is 1. The van der Waals surface area contributed by atoms with E-state index in [9.17, 15) is 9.90 Å². The van der Waals surface area contributed by atoms with Crippen LogP contribution in [0.5, 0.6) is 11.5 Å². The van der Waals surface area contributed by atoms with E-state index in [-0.39, 0.29) is 0 Å². The molecule has 4 rings (SSSR count). The Bertz CT molecular complexity index is 1350. The summed E-state index contributed by atoms with van der Waals surface area (Å²) in [5.74, 6) is 0.997. The number of nitrogens with zero attached hydrogens (tertiary/aromatic N) is 3. The third-order valence-corrected chi connectivity index (χ3v) is 5.72. The summed E-state index contributed by atoms with van der Waals surface area (Å²) in [6.07, 6.45) is 3.82. The molecule has 4 aromatic rings. The molecule has 0 atom stereocenters. The van der Waals surface area contributed by atoms with E-state index in [1.807, 2.05) is 68.4 Å². The van der Waals surface area contributed by atoms with E-state index in [1.165, 1.54) is 0 Å². The highest BCUT2D eigenvalue weighted by Crippen LogP contribution is 2.33. The summed E-state index contributed by atoms with van der Waals surface area (Å²) < 4.78 is 6.25. The van der Waals surface area contributed by atoms with Crippen LogP contribution in [0.2, 0.25) is 0 Å². The molecular formula is C28H28N4O3. The second kappa shape index (κ2) is 9.93. The minimum Gasteiger partial charge on any atom is -0.481 e. The molecule has 0 saturated carbocycles. The minimum absolute atomic E-state index is 0.421. The Hall–Kier alpha value is -4.26. The van der Waals surface area contributed by atoms with E-state index in [0.717, 1.165) is 28.2 Å². The zero-order chi connectivity index (χ0) is 25.0. The van der Waals surface area contributed by atoms with Gasteiger partial charge in [0.05, 0.1) is 11.1 Å². The Morgan fingerprint density at radius 2 is 1.83 bits per heavy atom. The standard InChI is InChI=1S/C28H28N4O3/c1-18-14-24(26(31-19(18)2)23-10-5-6-12-29-23)35-22-11-13-30-25(16-22)32-21-9-7-8-20(15-21)17-28(3,4)27(33)34/h5-16H,17H2,1-4H3,(H,30,32)(H,33,34). The molecule has 0 aliphatic heterocycles. The molecule has 0 aliphatic carbocycles. The summed E-state index contributed by atoms with van der Waals surface area (Å²) >= 11 is 0. The number of carboxylic acid groups (broad SMARTS) is 1. The second-order valence-corrected chi connectivity index (χ2v) is 9.12. The summed E-state index contributed by atoms with van der Waals surface area (Å²) in [5, 5.41) is 12.7. The first-order valence-electron chi connectivity index (χ1n) is 11.3. The molecule has 7 heteroatoms. The number of carbonyl (C=O) groups is 1. The van der Waals surface area contributed by atoms with Crippen molar-refractivity contribution in [3.8, 4) is 22.9 Å². The monoisotopic (exact) mass is 468 g/mol. The van der Waals surface area contributed by atoms with Crippen molar-refractivity contribution in [2.24, 2.45) is 5.41 Å². The Kier molecular flexibility index (Phi) is 6.78. The lowest BCUT2D eigenvalue weighted by Gasteiger charge is -2.19. The largest absolute Gasteiger partial charge is 0.481 e. The third-order valence-electron chi connectivity index (χ3n) is 5.72. The SMILES string of the molecule is Cc1cc(Oc2ccnc(Nc3cccc(CC(C)(C)C(=O)O)c3)c2)c(-c2ccccn2)nc1C. The van der Waals surface area contributed by atoms with Gasteiger partial charge in [-0.2, -0.15) is 0 Å². The van der Waals surface area contributed by atoms with Gasteiger partial charge in [0, 0.05) is 29.8 Å². The Morgan fingerprint density at radius 1 is 1.00 bits per heavy atom. The molecule has 0 unspecified atom stereocenters. The molecular weight excluding hydrogens is 440 g/mol. The fourth-order valence-corrected chi connectivity index (χ4v) is 3.61. The Morgan fingerprint density at radius 3 is 2.57 bits per heavy atom. The van der Waals surface area contributed by atoms with Gasteiger partial charge in [-0.25, -0.2) is 9.97 Å². The van der Waals surface area contributed by atoms with Crippen LogP contribution in [0.1, 0.15) is 30.7 Å². The molecule has 0 amide bonds. The summed E-state index contributed by atoms with van der Waals surface area (Å²) in [6, 6.07) is 18.9. The van der Waals surface area contributed by atoms with Crippen molar-refractivity contribution in [1.82, 2.24) is 15.0 Å². The van der Waals surface area contributed by atoms with E-state index >= 15 is 0 Å². The summed E-state index contributed by atoms with van der Waals surface area (Å²) in [5.41, 5.74) is 4.24. The molecule has 0 bridgehead atoms. The molecule has 0 saturated heterocycles. The van der Waals surface area contributed by atoms with Gasteiger partial charge < -0.3 is 15.2 Å². The first kappa shape index (κ1) is 23.9. The van der Waals surface area contributed by atoms with Crippen LogP contribution in [-0.2, 0) is 11.2 Å². The number of nitrogens with one attached hydrogen (secondary N) is 1. The maximum atomic E-state index is 11.5. The summed E-state index contributed by atoms with van der Waals surface area (Å²) in [7, 11) is 0. The number of benzene rings is 1. The molecule has 2 N–H and O–H groups in total. The fraction of sp³-hybridized carbons (Fsp3) is 0.214. The quantitative estimate of drug-likeness (QED) is 0.311. The summed E-state index contributed by atoms with van der Waals surface area (Å²) in [4.78, 5) is 25.1. The predicted molar refractivity (Wildman–Crippen MR) is 136 cm³/mol. The highest BCUT2D eigenvalue weighted by Gasteiger charge is 2.27. The third kappa shape index (κ3) is 5.81. The van der Waals surface area contributed by atoms with Gasteiger partial charge in [0.25, 0.3) is 0 Å². The van der Waals surface area contributed by atoms with Crippen molar-refractivity contribution >= 4 is 17.5 Å². The molecule has 0 spiro atoms. The van der Waals surface area contributed by atoms with Gasteiger partial charge >= 0.3 is 5.97 Å². The van der Waals surface area contributed by atoms with Crippen LogP contribution in [0.3, 0.4) is 0 Å². The number of rotatable bonds is 8. The minimum atomic E-state index is -0.851. The van der Waals surface area contributed by atoms with E-state index in [4.69, 9.17) is 9.72 Å². The topological polar surface area (TPSA) is 97.2 Å². The number of hydrogen-bond acceptors (Lipinski definition) is 6. The highest BCUT2D eigenvalue weighted by molar-refractivity contribution is 5.74. The summed E-state index contributed by atoms with van der Waals surface area (Å²) in [6.45, 7) is 7.40. The number of carboxylic acids is 1. The van der Waals surface area contributed by atoms with Gasteiger partial charge in [0.1, 0.15) is 17.3 Å². The van der Waals surface area contributed by atoms with Crippen LogP contribution in [0.4, 0.5) is 11.5 Å². The molecule has 3 aromatic heterocycles. The Labute approximate surface area is 204 Å². The number of hydrogen-bond donors (Lipinski definition) is 2. The van der Waals surface area contributed by atoms with Crippen molar-refractivity contribution in [1.29, 1.82) is 0 Å². The van der Waals surface area contributed by atoms with E-state index < -0.39 is 11.4 Å². The van der Waals surface area contributed by atoms with Gasteiger partial charge in [0.2, 0.25) is 0 Å². The van der Waals surface area contributed by atoms with Crippen molar-refractivity contribution in [3.05, 3.63) is 89.9 Å². The number of aromatic nitrogens is 3. The zero-order valence-corrected chi connectivity index (χ0v) is 20.2. The first-order chi connectivity index (χ1) is 16.7. The van der Waals surface area contributed by atoms with Gasteiger partial charge in [-0.05, 0) is 81.6 Å². The van der Waals surface area contributed by atoms with Crippen molar-refractivity contribution in [2.75, 3.05) is 5.32 Å².